The van der Waals surface area contributed by atoms with Gasteiger partial charge in [-0.05, 0) is 17.4 Å². The van der Waals surface area contributed by atoms with Crippen LogP contribution in [-0.2, 0) is 11.2 Å². The fraction of sp³-hybridized carbons (Fsp3) is 0.375. The van der Waals surface area contributed by atoms with E-state index in [9.17, 15) is 9.59 Å². The van der Waals surface area contributed by atoms with E-state index in [1.807, 2.05) is 0 Å². The molecule has 2 N–H and O–H groups in total. The van der Waals surface area contributed by atoms with Gasteiger partial charge in [-0.25, -0.2) is 0 Å². The molecule has 0 amide bonds. The molecule has 0 aromatic heterocycles. The number of hydrogen-bond acceptors (Lipinski definition) is 3. The van der Waals surface area contributed by atoms with Gasteiger partial charge in [0, 0.05) is 23.9 Å². The Morgan fingerprint density at radius 2 is 1.95 bits per heavy atom. The second-order valence-corrected chi connectivity index (χ2v) is 6.00. The van der Waals surface area contributed by atoms with E-state index in [1.165, 1.54) is 0 Å². The number of ketones is 1. The van der Waals surface area contributed by atoms with Gasteiger partial charge in [0.1, 0.15) is 0 Å². The average Bonchev–Trinajstić information content (AvgIpc) is 2.68. The van der Waals surface area contributed by atoms with Crippen LogP contribution in [0.2, 0.25) is 0 Å². The largest absolute Gasteiger partial charge is 0.481 e. The molecule has 1 aromatic rings. The van der Waals surface area contributed by atoms with Crippen molar-refractivity contribution in [2.45, 2.75) is 26.7 Å². The molecule has 1 aliphatic heterocycles. The van der Waals surface area contributed by atoms with Crippen LogP contribution in [0.25, 0.3) is 0 Å². The number of allylic oxidation sites excluding steroid dienone is 2. The highest BCUT2D eigenvalue weighted by atomic mass is 16.4. The van der Waals surface area contributed by atoms with Crippen LogP contribution in [-0.4, -0.2) is 23.4 Å². The Kier molecular flexibility index (Phi) is 3.93. The lowest BCUT2D eigenvalue weighted by Gasteiger charge is -2.12. The molecular weight excluding hydrogens is 254 g/mol. The molecule has 1 heterocycles. The quantitative estimate of drug-likeness (QED) is 0.653. The third kappa shape index (κ3) is 3.70. The fourth-order valence-electron chi connectivity index (χ4n) is 2.30. The maximum atomic E-state index is 12.1. The van der Waals surface area contributed by atoms with Crippen LogP contribution in [0.1, 0.15) is 36.2 Å². The lowest BCUT2D eigenvalue weighted by molar-refractivity contribution is -0.136. The third-order valence-corrected chi connectivity index (χ3v) is 3.36. The van der Waals surface area contributed by atoms with Gasteiger partial charge in [-0.15, -0.1) is 0 Å². The predicted molar refractivity (Wildman–Crippen MR) is 76.6 cm³/mol. The van der Waals surface area contributed by atoms with E-state index in [-0.39, 0.29) is 17.6 Å². The zero-order valence-corrected chi connectivity index (χ0v) is 11.8. The highest BCUT2D eigenvalue weighted by molar-refractivity contribution is 6.04. The molecule has 106 valence electrons. The average molecular weight is 273 g/mol. The molecular formula is C16H19NO3. The molecule has 0 radical (unpaired) electrons. The van der Waals surface area contributed by atoms with E-state index in [0.717, 1.165) is 18.7 Å². The maximum Gasteiger partial charge on any atom is 0.307 e. The summed E-state index contributed by atoms with van der Waals surface area (Å²) in [4.78, 5) is 22.7. The SMILES string of the molecule is CC1(C)CN/C(=C\C(=O)c2ccc(CC(=O)O)cc2)C1. The van der Waals surface area contributed by atoms with E-state index in [4.69, 9.17) is 5.11 Å². The number of benzene rings is 1. The standard InChI is InChI=1S/C16H19NO3/c1-16(2)9-13(17-10-16)8-14(18)12-5-3-11(4-6-12)7-15(19)20/h3-6,8,17H,7,9-10H2,1-2H3,(H,19,20)/b13-8-. The Balaban J connectivity index is 2.06. The second-order valence-electron chi connectivity index (χ2n) is 6.00. The zero-order valence-electron chi connectivity index (χ0n) is 11.8. The predicted octanol–water partition coefficient (Wildman–Crippen LogP) is 2.40. The van der Waals surface area contributed by atoms with Crippen molar-refractivity contribution in [3.63, 3.8) is 0 Å². The molecule has 0 saturated carbocycles. The highest BCUT2D eigenvalue weighted by Crippen LogP contribution is 2.29. The van der Waals surface area contributed by atoms with Crippen molar-refractivity contribution in [3.05, 3.63) is 47.2 Å². The molecule has 1 aliphatic rings. The van der Waals surface area contributed by atoms with Crippen LogP contribution < -0.4 is 5.32 Å². The first-order chi connectivity index (χ1) is 9.35. The molecule has 0 atom stereocenters. The maximum absolute atomic E-state index is 12.1. The first kappa shape index (κ1) is 14.3. The lowest BCUT2D eigenvalue weighted by atomic mass is 9.92. The molecule has 0 unspecified atom stereocenters. The van der Waals surface area contributed by atoms with Crippen molar-refractivity contribution < 1.29 is 14.7 Å². The number of aliphatic carboxylic acids is 1. The smallest absolute Gasteiger partial charge is 0.307 e. The van der Waals surface area contributed by atoms with E-state index in [0.29, 0.717) is 11.1 Å². The molecule has 1 fully saturated rings. The monoisotopic (exact) mass is 273 g/mol. The normalized spacial score (nSPS) is 18.8. The van der Waals surface area contributed by atoms with Gasteiger partial charge in [0.05, 0.1) is 6.42 Å². The summed E-state index contributed by atoms with van der Waals surface area (Å²) in [7, 11) is 0. The topological polar surface area (TPSA) is 66.4 Å². The van der Waals surface area contributed by atoms with Crippen LogP contribution in [0.3, 0.4) is 0 Å². The number of carbonyl (C=O) groups is 2. The number of carboxylic acids is 1. The summed E-state index contributed by atoms with van der Waals surface area (Å²) < 4.78 is 0. The van der Waals surface area contributed by atoms with E-state index < -0.39 is 5.97 Å². The lowest BCUT2D eigenvalue weighted by Crippen LogP contribution is -2.15. The molecule has 0 bridgehead atoms. The minimum Gasteiger partial charge on any atom is -0.481 e. The van der Waals surface area contributed by atoms with Crippen LogP contribution in [0.5, 0.6) is 0 Å². The van der Waals surface area contributed by atoms with Gasteiger partial charge in [0.2, 0.25) is 0 Å². The molecule has 1 aromatic carbocycles. The first-order valence-electron chi connectivity index (χ1n) is 6.65. The van der Waals surface area contributed by atoms with Gasteiger partial charge < -0.3 is 10.4 Å². The van der Waals surface area contributed by atoms with Crippen LogP contribution in [0, 0.1) is 5.41 Å². The van der Waals surface area contributed by atoms with Gasteiger partial charge in [-0.3, -0.25) is 9.59 Å². The molecule has 1 saturated heterocycles. The molecule has 20 heavy (non-hydrogen) atoms. The van der Waals surface area contributed by atoms with Gasteiger partial charge in [-0.2, -0.15) is 0 Å². The minimum atomic E-state index is -0.872. The Morgan fingerprint density at radius 3 is 2.45 bits per heavy atom. The van der Waals surface area contributed by atoms with Crippen molar-refractivity contribution >= 4 is 11.8 Å². The zero-order chi connectivity index (χ0) is 14.8. The second kappa shape index (κ2) is 5.49. The van der Waals surface area contributed by atoms with Crippen molar-refractivity contribution in [1.29, 1.82) is 0 Å². The summed E-state index contributed by atoms with van der Waals surface area (Å²) in [5.41, 5.74) is 2.44. The van der Waals surface area contributed by atoms with Crippen molar-refractivity contribution in [1.82, 2.24) is 5.32 Å². The van der Waals surface area contributed by atoms with E-state index >= 15 is 0 Å². The number of carbonyl (C=O) groups excluding carboxylic acids is 1. The Morgan fingerprint density at radius 1 is 1.30 bits per heavy atom. The van der Waals surface area contributed by atoms with E-state index in [2.05, 4.69) is 19.2 Å². The van der Waals surface area contributed by atoms with Gasteiger partial charge in [0.15, 0.2) is 5.78 Å². The van der Waals surface area contributed by atoms with Gasteiger partial charge in [-0.1, -0.05) is 38.1 Å². The summed E-state index contributed by atoms with van der Waals surface area (Å²) in [5, 5.41) is 11.9. The minimum absolute atomic E-state index is 0.0225. The van der Waals surface area contributed by atoms with Crippen LogP contribution >= 0.6 is 0 Å². The molecule has 0 aliphatic carbocycles. The molecule has 4 nitrogen and oxygen atoms in total. The number of carboxylic acid groups (broad SMARTS) is 1. The summed E-state index contributed by atoms with van der Waals surface area (Å²) in [6, 6.07) is 6.73. The number of nitrogens with one attached hydrogen (secondary N) is 1. The number of hydrogen-bond donors (Lipinski definition) is 2. The van der Waals surface area contributed by atoms with E-state index in [1.54, 1.807) is 30.3 Å². The molecule has 4 heteroatoms. The molecule has 0 spiro atoms. The summed E-state index contributed by atoms with van der Waals surface area (Å²) in [6.07, 6.45) is 2.49. The van der Waals surface area contributed by atoms with Gasteiger partial charge >= 0.3 is 5.97 Å². The fourth-order valence-corrected chi connectivity index (χ4v) is 2.30. The Hall–Kier alpha value is -2.10. The van der Waals surface area contributed by atoms with Crippen LogP contribution in [0.4, 0.5) is 0 Å². The summed E-state index contributed by atoms with van der Waals surface area (Å²) in [5.74, 6) is -0.921. The summed E-state index contributed by atoms with van der Waals surface area (Å²) >= 11 is 0. The van der Waals surface area contributed by atoms with Crippen LogP contribution in [0.15, 0.2) is 36.0 Å². The van der Waals surface area contributed by atoms with Crippen molar-refractivity contribution in [2.24, 2.45) is 5.41 Å². The van der Waals surface area contributed by atoms with Crippen molar-refractivity contribution in [3.8, 4) is 0 Å². The van der Waals surface area contributed by atoms with Gasteiger partial charge in [0.25, 0.3) is 0 Å². The molecule has 2 rings (SSSR count). The van der Waals surface area contributed by atoms with Crippen molar-refractivity contribution in [2.75, 3.05) is 6.54 Å². The first-order valence-corrected chi connectivity index (χ1v) is 6.65. The number of rotatable bonds is 4. The Labute approximate surface area is 118 Å². The summed E-state index contributed by atoms with van der Waals surface area (Å²) in [6.45, 7) is 5.20. The Bertz CT molecular complexity index is 556. The third-order valence-electron chi connectivity index (χ3n) is 3.36. The highest BCUT2D eigenvalue weighted by Gasteiger charge is 2.26.